The van der Waals surface area contributed by atoms with Crippen molar-refractivity contribution in [3.05, 3.63) is 88.7 Å². The minimum Gasteiger partial charge on any atom is -0.493 e. The van der Waals surface area contributed by atoms with Crippen LogP contribution in [0, 0.1) is 5.82 Å². The molecule has 3 aromatic carbocycles. The number of ether oxygens (including phenoxy) is 1. The van der Waals surface area contributed by atoms with Crippen molar-refractivity contribution in [1.82, 2.24) is 4.90 Å². The number of hydrogen-bond acceptors (Lipinski definition) is 6. The van der Waals surface area contributed by atoms with Crippen LogP contribution in [0.25, 0.3) is 0 Å². The van der Waals surface area contributed by atoms with E-state index in [9.17, 15) is 31.1 Å². The normalized spacial score (nSPS) is 12.2. The van der Waals surface area contributed by atoms with Gasteiger partial charge in [-0.05, 0) is 36.1 Å². The van der Waals surface area contributed by atoms with Crippen molar-refractivity contribution in [3.63, 3.8) is 0 Å². The predicted molar refractivity (Wildman–Crippen MR) is 137 cm³/mol. The maximum Gasteiger partial charge on any atom is 0.418 e. The van der Waals surface area contributed by atoms with Crippen molar-refractivity contribution in [2.75, 3.05) is 31.7 Å². The Kier molecular flexibility index (Phi) is 9.75. The van der Waals surface area contributed by atoms with Gasteiger partial charge in [-0.2, -0.15) is 13.2 Å². The lowest BCUT2D eigenvalue weighted by molar-refractivity contribution is -0.137. The van der Waals surface area contributed by atoms with Crippen LogP contribution in [-0.4, -0.2) is 44.4 Å². The van der Waals surface area contributed by atoms with Gasteiger partial charge in [0, 0.05) is 43.2 Å². The molecule has 3 N–H and O–H groups in total. The number of halogens is 4. The summed E-state index contributed by atoms with van der Waals surface area (Å²) in [6.07, 6.45) is -2.57. The molecule has 0 heterocycles. The maximum atomic E-state index is 14.3. The van der Waals surface area contributed by atoms with Crippen molar-refractivity contribution < 1.29 is 35.8 Å². The number of alkyl halides is 3. The second-order valence-corrected chi connectivity index (χ2v) is 10.9. The zero-order chi connectivity index (χ0) is 27.9. The fraction of sp³-hybridized carbons (Fsp3) is 0.333. The predicted octanol–water partition coefficient (Wildman–Crippen LogP) is 4.84. The van der Waals surface area contributed by atoms with E-state index in [1.54, 1.807) is 6.07 Å². The van der Waals surface area contributed by atoms with Gasteiger partial charge in [-0.15, -0.1) is 0 Å². The Morgan fingerprint density at radius 3 is 2.37 bits per heavy atom. The van der Waals surface area contributed by atoms with E-state index in [2.05, 4.69) is 0 Å². The Labute approximate surface area is 219 Å². The molecular formula is C27H30F4N2O4S. The van der Waals surface area contributed by atoms with Crippen LogP contribution in [0.3, 0.4) is 0 Å². The molecule has 11 heteroatoms. The topological polar surface area (TPSA) is 92.9 Å². The van der Waals surface area contributed by atoms with Crippen molar-refractivity contribution in [3.8, 4) is 5.75 Å². The van der Waals surface area contributed by atoms with Crippen LogP contribution in [0.4, 0.5) is 23.2 Å². The summed E-state index contributed by atoms with van der Waals surface area (Å²) in [5.41, 5.74) is 5.77. The molecule has 206 valence electrons. The van der Waals surface area contributed by atoms with Crippen LogP contribution >= 0.6 is 0 Å². The molecule has 0 fully saturated rings. The summed E-state index contributed by atoms with van der Waals surface area (Å²) in [5.74, 6) is -0.895. The monoisotopic (exact) mass is 554 g/mol. The first-order chi connectivity index (χ1) is 17.9. The minimum absolute atomic E-state index is 0.00177. The zero-order valence-corrected chi connectivity index (χ0v) is 21.7. The Hall–Kier alpha value is -3.15. The molecular weight excluding hydrogens is 524 g/mol. The van der Waals surface area contributed by atoms with E-state index in [0.717, 1.165) is 24.0 Å². The highest BCUT2D eigenvalue weighted by atomic mass is 32.2. The molecule has 0 aliphatic carbocycles. The first kappa shape index (κ1) is 29.4. The van der Waals surface area contributed by atoms with Gasteiger partial charge in [0.05, 0.1) is 23.7 Å². The van der Waals surface area contributed by atoms with E-state index in [4.69, 9.17) is 10.5 Å². The minimum atomic E-state index is -4.56. The number of aliphatic hydroxyl groups is 1. The molecule has 0 bridgehead atoms. The summed E-state index contributed by atoms with van der Waals surface area (Å²) in [4.78, 5) is 1.61. The summed E-state index contributed by atoms with van der Waals surface area (Å²) >= 11 is 0. The summed E-state index contributed by atoms with van der Waals surface area (Å²) in [5, 5.41) is 9.34. The fourth-order valence-electron chi connectivity index (χ4n) is 4.07. The largest absolute Gasteiger partial charge is 0.493 e. The third-order valence-corrected chi connectivity index (χ3v) is 7.19. The Bertz CT molecular complexity index is 1330. The van der Waals surface area contributed by atoms with Crippen molar-refractivity contribution in [2.24, 2.45) is 0 Å². The molecule has 0 atom stereocenters. The number of nitrogens with two attached hydrogens (primary N) is 1. The first-order valence-corrected chi connectivity index (χ1v) is 13.8. The number of rotatable bonds is 12. The van der Waals surface area contributed by atoms with Crippen LogP contribution in [-0.2, 0) is 35.6 Å². The van der Waals surface area contributed by atoms with E-state index >= 15 is 0 Å². The van der Waals surface area contributed by atoms with E-state index in [1.807, 2.05) is 35.2 Å². The molecule has 0 radical (unpaired) electrons. The second-order valence-electron chi connectivity index (χ2n) is 8.90. The quantitative estimate of drug-likeness (QED) is 0.189. The van der Waals surface area contributed by atoms with Crippen molar-refractivity contribution in [1.29, 1.82) is 0 Å². The summed E-state index contributed by atoms with van der Waals surface area (Å²) in [7, 11) is -3.80. The Morgan fingerprint density at radius 2 is 1.74 bits per heavy atom. The highest BCUT2D eigenvalue weighted by Crippen LogP contribution is 2.35. The molecule has 0 unspecified atom stereocenters. The molecule has 3 aromatic rings. The molecule has 0 aliphatic rings. The number of anilines is 1. The number of benzene rings is 3. The third kappa shape index (κ3) is 7.92. The second kappa shape index (κ2) is 12.6. The molecule has 0 amide bonds. The Morgan fingerprint density at radius 1 is 1.03 bits per heavy atom. The molecule has 0 aliphatic heterocycles. The lowest BCUT2D eigenvalue weighted by Crippen LogP contribution is -2.28. The molecule has 0 aromatic heterocycles. The van der Waals surface area contributed by atoms with Crippen LogP contribution in [0.5, 0.6) is 5.75 Å². The smallest absolute Gasteiger partial charge is 0.418 e. The van der Waals surface area contributed by atoms with E-state index < -0.39 is 34.0 Å². The number of hydrogen-bond donors (Lipinski definition) is 2. The van der Waals surface area contributed by atoms with Crippen LogP contribution in [0.15, 0.2) is 65.6 Å². The van der Waals surface area contributed by atoms with Gasteiger partial charge in [0.25, 0.3) is 0 Å². The van der Waals surface area contributed by atoms with Crippen LogP contribution in [0.2, 0.25) is 0 Å². The van der Waals surface area contributed by atoms with Crippen LogP contribution in [0.1, 0.15) is 28.7 Å². The van der Waals surface area contributed by atoms with Gasteiger partial charge in [-0.25, -0.2) is 12.8 Å². The molecule has 0 spiro atoms. The zero-order valence-electron chi connectivity index (χ0n) is 20.8. The highest BCUT2D eigenvalue weighted by Gasteiger charge is 2.33. The standard InChI is InChI=1S/C27H30F4N2O4S/c1-38(35,36)25-16-21(15-24(28)22(25)18-34)37-14-6-12-33(13-11-19-7-3-2-4-8-19)17-20-9-5-10-23(26(20)32)27(29,30)31/h2-5,7-10,15-16,34H,6,11-14,17-18,32H2,1H3. The van der Waals surface area contributed by atoms with Gasteiger partial charge < -0.3 is 15.6 Å². The van der Waals surface area contributed by atoms with Gasteiger partial charge in [-0.3, -0.25) is 4.90 Å². The lowest BCUT2D eigenvalue weighted by atomic mass is 10.1. The summed E-state index contributed by atoms with van der Waals surface area (Å²) < 4.78 is 83.9. The number of nitrogen functional groups attached to an aromatic ring is 1. The van der Waals surface area contributed by atoms with Gasteiger partial charge >= 0.3 is 6.18 Å². The van der Waals surface area contributed by atoms with Crippen molar-refractivity contribution in [2.45, 2.75) is 37.1 Å². The van der Waals surface area contributed by atoms with Gasteiger partial charge in [0.2, 0.25) is 0 Å². The molecule has 6 nitrogen and oxygen atoms in total. The summed E-state index contributed by atoms with van der Waals surface area (Å²) in [6.45, 7) is 0.474. The highest BCUT2D eigenvalue weighted by molar-refractivity contribution is 7.90. The SMILES string of the molecule is CS(=O)(=O)c1cc(OCCCN(CCc2ccccc2)Cc2cccc(C(F)(F)F)c2N)cc(F)c1CO. The molecule has 3 rings (SSSR count). The van der Waals surface area contributed by atoms with E-state index in [1.165, 1.54) is 12.1 Å². The van der Waals surface area contributed by atoms with E-state index in [0.29, 0.717) is 31.5 Å². The van der Waals surface area contributed by atoms with Crippen LogP contribution < -0.4 is 10.5 Å². The van der Waals surface area contributed by atoms with Gasteiger partial charge in [0.1, 0.15) is 11.6 Å². The Balaban J connectivity index is 1.71. The molecule has 38 heavy (non-hydrogen) atoms. The van der Waals surface area contributed by atoms with Crippen molar-refractivity contribution >= 4 is 15.5 Å². The molecule has 0 saturated heterocycles. The number of aliphatic hydroxyl groups excluding tert-OH is 1. The number of sulfone groups is 1. The average Bonchev–Trinajstić information content (AvgIpc) is 2.85. The maximum absolute atomic E-state index is 14.3. The number of para-hydroxylation sites is 1. The fourth-order valence-corrected chi connectivity index (χ4v) is 5.01. The number of nitrogens with zero attached hydrogens (tertiary/aromatic N) is 1. The lowest BCUT2D eigenvalue weighted by Gasteiger charge is -2.24. The first-order valence-electron chi connectivity index (χ1n) is 11.9. The average molecular weight is 555 g/mol. The third-order valence-electron chi connectivity index (χ3n) is 6.03. The molecule has 0 saturated carbocycles. The van der Waals surface area contributed by atoms with Gasteiger partial charge in [-0.1, -0.05) is 42.5 Å². The van der Waals surface area contributed by atoms with E-state index in [-0.39, 0.29) is 35.0 Å². The van der Waals surface area contributed by atoms with Gasteiger partial charge in [0.15, 0.2) is 9.84 Å². The summed E-state index contributed by atoms with van der Waals surface area (Å²) in [6, 6.07) is 15.7.